The van der Waals surface area contributed by atoms with E-state index in [1.807, 2.05) is 77.4 Å². The lowest BCUT2D eigenvalue weighted by molar-refractivity contribution is -0.148. The van der Waals surface area contributed by atoms with E-state index >= 15 is 0 Å². The molecule has 0 fully saturated rings. The zero-order valence-corrected chi connectivity index (χ0v) is 38.3. The second-order valence-corrected chi connectivity index (χ2v) is 13.6. The maximum absolute atomic E-state index is 11.7. The number of aliphatic carboxylic acids is 4. The van der Waals surface area contributed by atoms with E-state index in [9.17, 15) is 62.3 Å². The van der Waals surface area contributed by atoms with Gasteiger partial charge < -0.3 is 61.6 Å². The fraction of sp³-hybridized carbons (Fsp3) is 0.279. The van der Waals surface area contributed by atoms with E-state index in [4.69, 9.17) is 63.6 Å². The minimum absolute atomic E-state index is 0.0627. The van der Waals surface area contributed by atoms with Crippen LogP contribution in [0.5, 0.6) is 0 Å². The van der Waals surface area contributed by atoms with Crippen molar-refractivity contribution in [2.45, 2.75) is 45.5 Å². The molecule has 3 aromatic carbocycles. The van der Waals surface area contributed by atoms with Crippen LogP contribution in [0.15, 0.2) is 91.0 Å². The van der Waals surface area contributed by atoms with Crippen LogP contribution >= 0.6 is 23.2 Å². The second kappa shape index (κ2) is 39.8. The van der Waals surface area contributed by atoms with Crippen LogP contribution in [0.1, 0.15) is 42.4 Å². The van der Waals surface area contributed by atoms with E-state index < -0.39 is 102 Å². The van der Waals surface area contributed by atoms with Gasteiger partial charge in [-0.15, -0.1) is 0 Å². The van der Waals surface area contributed by atoms with Crippen LogP contribution in [0.3, 0.4) is 0 Å². The third-order valence-electron chi connectivity index (χ3n) is 6.85. The molecule has 4 amide bonds. The number of carboxylic acid groups (broad SMARTS) is 4. The fourth-order valence-electron chi connectivity index (χ4n) is 3.85. The summed E-state index contributed by atoms with van der Waals surface area (Å²) in [4.78, 5) is 137. The van der Waals surface area contributed by atoms with Gasteiger partial charge in [0, 0.05) is 0 Å². The van der Waals surface area contributed by atoms with E-state index in [-0.39, 0.29) is 45.2 Å². The number of hydrogen-bond donors (Lipinski definition) is 9. The first-order chi connectivity index (χ1) is 33.0. The minimum Gasteiger partial charge on any atom is -0.481 e. The predicted molar refractivity (Wildman–Crippen MR) is 241 cm³/mol. The molecule has 0 atom stereocenters. The molecule has 25 nitrogen and oxygen atoms in total. The molecule has 3 rings (SSSR count). The molecule has 70 heavy (non-hydrogen) atoms. The summed E-state index contributed by atoms with van der Waals surface area (Å²) >= 11 is 9.46. The van der Waals surface area contributed by atoms with Gasteiger partial charge in [-0.05, 0) is 39.9 Å². The van der Waals surface area contributed by atoms with Gasteiger partial charge in [0.1, 0.15) is 65.3 Å². The third-order valence-corrected chi connectivity index (χ3v) is 7.12. The van der Waals surface area contributed by atoms with E-state index in [0.29, 0.717) is 6.61 Å². The Morgan fingerprint density at radius 3 is 0.871 bits per heavy atom. The molecule has 0 aromatic heterocycles. The minimum atomic E-state index is -1.31. The maximum atomic E-state index is 11.7. The van der Waals surface area contributed by atoms with E-state index in [1.54, 1.807) is 24.3 Å². The SMILES string of the molecule is NCC(=O)OCc1ccccc1.O=C(CC(=O)NCC(=O)OCc1ccccc1)NCC(=O)OCc1ccccc1.O=C(Cl)CC(=O)Cl.O=C(O)CC(=O)O.O=C(O)CNC(=O)CC(=O)NCC(=O)O. The Bertz CT molecular complexity index is 2040. The van der Waals surface area contributed by atoms with Crippen molar-refractivity contribution >= 4 is 99.1 Å². The van der Waals surface area contributed by atoms with Gasteiger partial charge >= 0.3 is 41.8 Å². The lowest BCUT2D eigenvalue weighted by Gasteiger charge is -2.08. The summed E-state index contributed by atoms with van der Waals surface area (Å²) in [5.41, 5.74) is 7.68. The van der Waals surface area contributed by atoms with Crippen molar-refractivity contribution in [3.8, 4) is 0 Å². The molecule has 0 spiro atoms. The number of carbonyl (C=O) groups excluding carboxylic acids is 9. The van der Waals surface area contributed by atoms with Crippen molar-refractivity contribution < 1.29 is 97.0 Å². The average molecular weight is 1030 g/mol. The highest BCUT2D eigenvalue weighted by atomic mass is 35.5. The van der Waals surface area contributed by atoms with Crippen molar-refractivity contribution in [2.24, 2.45) is 5.73 Å². The van der Waals surface area contributed by atoms with Gasteiger partial charge in [-0.25, -0.2) is 0 Å². The Labute approximate surface area is 407 Å². The molecule has 380 valence electrons. The number of carbonyl (C=O) groups is 13. The van der Waals surface area contributed by atoms with Crippen LogP contribution in [0, 0.1) is 0 Å². The lowest BCUT2D eigenvalue weighted by Crippen LogP contribution is -2.37. The number of carboxylic acids is 4. The summed E-state index contributed by atoms with van der Waals surface area (Å²) in [7, 11) is 0. The smallest absolute Gasteiger partial charge is 0.325 e. The molecule has 27 heteroatoms. The summed E-state index contributed by atoms with van der Waals surface area (Å²) in [6.07, 6.45) is -2.30. The highest BCUT2D eigenvalue weighted by Gasteiger charge is 2.14. The molecule has 3 aromatic rings. The summed E-state index contributed by atoms with van der Waals surface area (Å²) < 4.78 is 14.8. The fourth-order valence-corrected chi connectivity index (χ4v) is 4.16. The van der Waals surface area contributed by atoms with Crippen molar-refractivity contribution in [1.29, 1.82) is 0 Å². The first kappa shape index (κ1) is 63.8. The number of amides is 4. The van der Waals surface area contributed by atoms with Gasteiger partial charge in [0.25, 0.3) is 0 Å². The summed E-state index contributed by atoms with van der Waals surface area (Å²) in [6, 6.07) is 27.7. The van der Waals surface area contributed by atoms with Crippen molar-refractivity contribution in [1.82, 2.24) is 21.3 Å². The van der Waals surface area contributed by atoms with Gasteiger partial charge in [0.05, 0.1) is 13.0 Å². The molecule has 0 unspecified atom stereocenters. The van der Waals surface area contributed by atoms with Gasteiger partial charge in [-0.3, -0.25) is 62.3 Å². The number of nitrogens with two attached hydrogens (primary N) is 1. The number of benzene rings is 3. The Kier molecular flexibility index (Phi) is 36.3. The van der Waals surface area contributed by atoms with Crippen LogP contribution in [0.4, 0.5) is 0 Å². The number of ether oxygens (including phenoxy) is 3. The van der Waals surface area contributed by atoms with E-state index in [1.165, 1.54) is 0 Å². The zero-order valence-electron chi connectivity index (χ0n) is 36.8. The number of hydrogen-bond acceptors (Lipinski definition) is 17. The lowest BCUT2D eigenvalue weighted by atomic mass is 10.2. The quantitative estimate of drug-likeness (QED) is 0.0261. The van der Waals surface area contributed by atoms with Gasteiger partial charge in [-0.2, -0.15) is 0 Å². The van der Waals surface area contributed by atoms with Gasteiger partial charge in [0.2, 0.25) is 34.1 Å². The normalized spacial score (nSPS) is 9.30. The molecule has 0 heterocycles. The van der Waals surface area contributed by atoms with Crippen molar-refractivity contribution in [3.05, 3.63) is 108 Å². The standard InChI is InChI=1S/C21H22N2O6.C9H11NO2.C7H10N2O6.C3H2Cl2O2.C3H4O4/c24-18(22-12-20(26)28-14-16-7-3-1-4-8-16)11-19(25)23-13-21(27)29-15-17-9-5-2-6-10-17;10-6-9(11)12-7-8-4-2-1-3-5-8;10-4(8-2-6(12)13)1-5(11)9-3-7(14)15;4-2(6)1-3(5)7;4-2(5)1-3(6)7/h1-10H,11-15H2,(H,22,24)(H,23,25);1-5H,6-7,10H2;1-3H2,(H,8,10)(H,9,11)(H,12,13)(H,14,15);1H2;1H2,(H,4,5)(H,6,7). The Balaban J connectivity index is 0. The van der Waals surface area contributed by atoms with Crippen molar-refractivity contribution in [3.63, 3.8) is 0 Å². The number of nitrogens with one attached hydrogen (secondary N) is 4. The zero-order chi connectivity index (χ0) is 53.3. The Morgan fingerprint density at radius 2 is 0.657 bits per heavy atom. The summed E-state index contributed by atoms with van der Waals surface area (Å²) in [5, 5.41) is 38.8. The molecule has 0 radical (unpaired) electrons. The maximum Gasteiger partial charge on any atom is 0.325 e. The monoisotopic (exact) mass is 1030 g/mol. The van der Waals surface area contributed by atoms with Crippen LogP contribution in [-0.4, -0.2) is 129 Å². The van der Waals surface area contributed by atoms with Crippen LogP contribution in [-0.2, 0) is 96.4 Å². The molecule has 0 aliphatic heterocycles. The molecule has 10 N–H and O–H groups in total. The largest absolute Gasteiger partial charge is 0.481 e. The Morgan fingerprint density at radius 1 is 0.386 bits per heavy atom. The number of esters is 3. The molecule has 0 bridgehead atoms. The number of rotatable bonds is 23. The van der Waals surface area contributed by atoms with E-state index in [0.717, 1.165) is 16.7 Å². The van der Waals surface area contributed by atoms with Crippen molar-refractivity contribution in [2.75, 3.05) is 32.7 Å². The van der Waals surface area contributed by atoms with Gasteiger partial charge in [-0.1, -0.05) is 91.0 Å². The highest BCUT2D eigenvalue weighted by molar-refractivity contribution is 6.72. The molecule has 0 aliphatic carbocycles. The first-order valence-electron chi connectivity index (χ1n) is 19.6. The number of halogens is 2. The van der Waals surface area contributed by atoms with Gasteiger partial charge in [0.15, 0.2) is 0 Å². The first-order valence-corrected chi connectivity index (χ1v) is 20.4. The average Bonchev–Trinajstić information content (AvgIpc) is 3.30. The Hall–Kier alpha value is -8.29. The van der Waals surface area contributed by atoms with Crippen LogP contribution < -0.4 is 27.0 Å². The summed E-state index contributed by atoms with van der Waals surface area (Å²) in [5.74, 6) is -9.56. The molecule has 0 aliphatic rings. The second-order valence-electron chi connectivity index (χ2n) is 12.7. The van der Waals surface area contributed by atoms with Crippen LogP contribution in [0.2, 0.25) is 0 Å². The molecular weight excluding hydrogens is 977 g/mol. The topological polar surface area (TPSA) is 405 Å². The molecule has 0 saturated heterocycles. The summed E-state index contributed by atoms with van der Waals surface area (Å²) in [6.45, 7) is -1.42. The predicted octanol–water partition coefficient (Wildman–Crippen LogP) is 0.0153. The molecular formula is C43H49Cl2N5O20. The van der Waals surface area contributed by atoms with E-state index in [2.05, 4.69) is 10.6 Å². The molecule has 0 saturated carbocycles. The van der Waals surface area contributed by atoms with Crippen LogP contribution in [0.25, 0.3) is 0 Å². The highest BCUT2D eigenvalue weighted by Crippen LogP contribution is 2.02. The third kappa shape index (κ3) is 43.6.